The molecule has 0 saturated heterocycles. The molecule has 0 aliphatic carbocycles. The summed E-state index contributed by atoms with van der Waals surface area (Å²) < 4.78 is 14.1. The molecule has 0 amide bonds. The summed E-state index contributed by atoms with van der Waals surface area (Å²) in [5.41, 5.74) is 1.71. The van der Waals surface area contributed by atoms with E-state index in [1.807, 2.05) is 31.2 Å². The first-order valence-corrected chi connectivity index (χ1v) is 10.5. The van der Waals surface area contributed by atoms with Crippen LogP contribution in [0.5, 0.6) is 0 Å². The second kappa shape index (κ2) is 8.31. The number of rotatable bonds is 6. The van der Waals surface area contributed by atoms with Crippen molar-refractivity contribution in [3.8, 4) is 11.1 Å². The number of hydrogen-bond acceptors (Lipinski definition) is 4. The van der Waals surface area contributed by atoms with Gasteiger partial charge < -0.3 is 5.11 Å². The first-order valence-electron chi connectivity index (χ1n) is 9.65. The molecule has 0 fully saturated rings. The average molecular weight is 438 g/mol. The number of nitrogens with one attached hydrogen (secondary N) is 1. The van der Waals surface area contributed by atoms with Crippen LogP contribution in [0.4, 0.5) is 4.39 Å². The third kappa shape index (κ3) is 4.06. The molecule has 0 aliphatic rings. The van der Waals surface area contributed by atoms with Crippen molar-refractivity contribution in [3.05, 3.63) is 91.7 Å². The lowest BCUT2D eigenvalue weighted by atomic mass is 10.0. The fourth-order valence-corrected chi connectivity index (χ4v) is 4.53. The van der Waals surface area contributed by atoms with Gasteiger partial charge in [-0.05, 0) is 43.0 Å². The average Bonchev–Trinajstić information content (AvgIpc) is 3.15. The number of H-pyrrole nitrogens is 1. The minimum Gasteiger partial charge on any atom is -0.480 e. The number of aromatic amines is 1. The maximum Gasteiger partial charge on any atom is 0.330 e. The third-order valence-corrected chi connectivity index (χ3v) is 6.14. The van der Waals surface area contributed by atoms with Crippen molar-refractivity contribution >= 4 is 27.5 Å². The molecule has 1 atom stereocenters. The topological polar surface area (TPSA) is 92.2 Å². The van der Waals surface area contributed by atoms with Gasteiger partial charge in [0.05, 0.1) is 5.39 Å². The summed E-state index contributed by atoms with van der Waals surface area (Å²) >= 11 is 1.17. The standard InChI is InChI=1S/C23H19FN2O4S/c1-13-2-4-14(5-3-13)6-11-18(22(28)29)26-21(27)19-17(12-31-20(19)25-23(26)30)15-7-9-16(24)10-8-15/h2-5,7-10,12,18H,6,11H2,1H3,(H,25,30)(H,28,29). The number of aryl methyl sites for hydroxylation is 2. The van der Waals surface area contributed by atoms with E-state index in [4.69, 9.17) is 0 Å². The summed E-state index contributed by atoms with van der Waals surface area (Å²) in [7, 11) is 0. The van der Waals surface area contributed by atoms with E-state index in [1.54, 1.807) is 5.38 Å². The highest BCUT2D eigenvalue weighted by Crippen LogP contribution is 2.30. The molecule has 2 aromatic heterocycles. The Balaban J connectivity index is 1.79. The van der Waals surface area contributed by atoms with Crippen LogP contribution < -0.4 is 11.2 Å². The van der Waals surface area contributed by atoms with Crippen molar-refractivity contribution in [1.82, 2.24) is 9.55 Å². The SMILES string of the molecule is Cc1ccc(CCC(C(=O)O)n2c(=O)[nH]c3scc(-c4ccc(F)cc4)c3c2=O)cc1. The Labute approximate surface area is 180 Å². The molecule has 0 spiro atoms. The van der Waals surface area contributed by atoms with Crippen molar-refractivity contribution in [2.24, 2.45) is 0 Å². The predicted molar refractivity (Wildman–Crippen MR) is 118 cm³/mol. The molecule has 1 unspecified atom stereocenters. The second-order valence-corrected chi connectivity index (χ2v) is 8.22. The Kier molecular flexibility index (Phi) is 5.56. The van der Waals surface area contributed by atoms with Crippen molar-refractivity contribution in [2.75, 3.05) is 0 Å². The van der Waals surface area contributed by atoms with Crippen LogP contribution in [0, 0.1) is 12.7 Å². The van der Waals surface area contributed by atoms with Crippen LogP contribution in [0.25, 0.3) is 21.3 Å². The molecule has 8 heteroatoms. The van der Waals surface area contributed by atoms with E-state index in [-0.39, 0.29) is 11.8 Å². The quantitative estimate of drug-likeness (QED) is 0.474. The van der Waals surface area contributed by atoms with E-state index < -0.39 is 29.1 Å². The Morgan fingerprint density at radius 3 is 2.45 bits per heavy atom. The number of carboxylic acids is 1. The van der Waals surface area contributed by atoms with Crippen LogP contribution in [0.2, 0.25) is 0 Å². The zero-order valence-corrected chi connectivity index (χ0v) is 17.4. The number of nitrogens with zero attached hydrogens (tertiary/aromatic N) is 1. The zero-order chi connectivity index (χ0) is 22.1. The van der Waals surface area contributed by atoms with Gasteiger partial charge in [0.1, 0.15) is 16.7 Å². The predicted octanol–water partition coefficient (Wildman–Crippen LogP) is 4.12. The lowest BCUT2D eigenvalue weighted by Gasteiger charge is -2.15. The molecule has 2 N–H and O–H groups in total. The van der Waals surface area contributed by atoms with Gasteiger partial charge in [-0.3, -0.25) is 9.78 Å². The highest BCUT2D eigenvalue weighted by Gasteiger charge is 2.26. The highest BCUT2D eigenvalue weighted by molar-refractivity contribution is 7.17. The molecule has 0 bridgehead atoms. The number of carbonyl (C=O) groups is 1. The number of aromatic nitrogens is 2. The Hall–Kier alpha value is -3.52. The summed E-state index contributed by atoms with van der Waals surface area (Å²) in [5.74, 6) is -1.66. The largest absolute Gasteiger partial charge is 0.480 e. The van der Waals surface area contributed by atoms with Crippen LogP contribution in [-0.2, 0) is 11.2 Å². The van der Waals surface area contributed by atoms with E-state index in [0.717, 1.165) is 15.7 Å². The first-order chi connectivity index (χ1) is 14.8. The monoisotopic (exact) mass is 438 g/mol. The molecular weight excluding hydrogens is 419 g/mol. The van der Waals surface area contributed by atoms with E-state index in [1.165, 1.54) is 35.6 Å². The lowest BCUT2D eigenvalue weighted by Crippen LogP contribution is -2.41. The molecule has 0 aliphatic heterocycles. The maximum atomic E-state index is 13.3. The summed E-state index contributed by atoms with van der Waals surface area (Å²) in [6.45, 7) is 1.96. The Morgan fingerprint density at radius 2 is 1.81 bits per heavy atom. The molecule has 2 aromatic carbocycles. The third-order valence-electron chi connectivity index (χ3n) is 5.24. The highest BCUT2D eigenvalue weighted by atomic mass is 32.1. The molecule has 158 valence electrons. The zero-order valence-electron chi connectivity index (χ0n) is 16.6. The fourth-order valence-electron chi connectivity index (χ4n) is 3.58. The molecule has 4 aromatic rings. The number of hydrogen-bond donors (Lipinski definition) is 2. The van der Waals surface area contributed by atoms with Crippen LogP contribution >= 0.6 is 11.3 Å². The number of benzene rings is 2. The van der Waals surface area contributed by atoms with E-state index in [0.29, 0.717) is 22.4 Å². The smallest absolute Gasteiger partial charge is 0.330 e. The second-order valence-electron chi connectivity index (χ2n) is 7.34. The number of aliphatic carboxylic acids is 1. The molecule has 31 heavy (non-hydrogen) atoms. The van der Waals surface area contributed by atoms with Crippen molar-refractivity contribution in [1.29, 1.82) is 0 Å². The van der Waals surface area contributed by atoms with Gasteiger partial charge in [-0.15, -0.1) is 11.3 Å². The number of thiophene rings is 1. The molecule has 2 heterocycles. The van der Waals surface area contributed by atoms with Gasteiger partial charge in [0.25, 0.3) is 5.56 Å². The molecule has 0 radical (unpaired) electrons. The van der Waals surface area contributed by atoms with Crippen LogP contribution in [0.1, 0.15) is 23.6 Å². The maximum absolute atomic E-state index is 13.3. The van der Waals surface area contributed by atoms with Crippen LogP contribution in [0.3, 0.4) is 0 Å². The molecule has 0 saturated carbocycles. The first kappa shape index (κ1) is 20.7. The van der Waals surface area contributed by atoms with Gasteiger partial charge in [-0.2, -0.15) is 0 Å². The number of halogens is 1. The minimum absolute atomic E-state index is 0.0862. The van der Waals surface area contributed by atoms with Crippen LogP contribution in [-0.4, -0.2) is 20.6 Å². The summed E-state index contributed by atoms with van der Waals surface area (Å²) in [4.78, 5) is 40.9. The van der Waals surface area contributed by atoms with Gasteiger partial charge in [-0.1, -0.05) is 42.0 Å². The summed E-state index contributed by atoms with van der Waals surface area (Å²) in [6, 6.07) is 12.0. The van der Waals surface area contributed by atoms with Crippen LogP contribution in [0.15, 0.2) is 63.5 Å². The van der Waals surface area contributed by atoms with Gasteiger partial charge in [-0.25, -0.2) is 18.5 Å². The van der Waals surface area contributed by atoms with Crippen molar-refractivity contribution in [3.63, 3.8) is 0 Å². The lowest BCUT2D eigenvalue weighted by molar-refractivity contribution is -0.141. The van der Waals surface area contributed by atoms with Gasteiger partial charge in [0.15, 0.2) is 0 Å². The van der Waals surface area contributed by atoms with Crippen molar-refractivity contribution in [2.45, 2.75) is 25.8 Å². The fraction of sp³-hybridized carbons (Fsp3) is 0.174. The summed E-state index contributed by atoms with van der Waals surface area (Å²) in [6.07, 6.45) is 0.485. The van der Waals surface area contributed by atoms with Gasteiger partial charge in [0, 0.05) is 10.9 Å². The van der Waals surface area contributed by atoms with Crippen molar-refractivity contribution < 1.29 is 14.3 Å². The van der Waals surface area contributed by atoms with Gasteiger partial charge >= 0.3 is 11.7 Å². The normalized spacial score (nSPS) is 12.2. The van der Waals surface area contributed by atoms with E-state index in [9.17, 15) is 23.9 Å². The minimum atomic E-state index is -1.32. The molecule has 6 nitrogen and oxygen atoms in total. The molecule has 4 rings (SSSR count). The van der Waals surface area contributed by atoms with E-state index >= 15 is 0 Å². The number of fused-ring (bicyclic) bond motifs is 1. The Bertz CT molecular complexity index is 1370. The summed E-state index contributed by atoms with van der Waals surface area (Å²) in [5, 5.41) is 11.7. The number of carboxylic acid groups (broad SMARTS) is 1. The molecular formula is C23H19FN2O4S. The van der Waals surface area contributed by atoms with Gasteiger partial charge in [0.2, 0.25) is 0 Å². The Morgan fingerprint density at radius 1 is 1.13 bits per heavy atom. The van der Waals surface area contributed by atoms with E-state index in [2.05, 4.69) is 4.98 Å².